The number of nitrogens with zero attached hydrogens (tertiary/aromatic N) is 2. The Bertz CT molecular complexity index is 718. The van der Waals surface area contributed by atoms with E-state index in [0.29, 0.717) is 11.9 Å². The molecule has 0 spiro atoms. The van der Waals surface area contributed by atoms with E-state index in [0.717, 1.165) is 24.3 Å². The SMILES string of the molecule is C[C@@H](NC(=O)CCn1cnc2sccc2c1=O)[C@H]1CCCO1. The summed E-state index contributed by atoms with van der Waals surface area (Å²) >= 11 is 1.44. The molecule has 0 aromatic carbocycles. The van der Waals surface area contributed by atoms with Crippen LogP contribution in [0.1, 0.15) is 26.2 Å². The fraction of sp³-hybridized carbons (Fsp3) is 0.533. The minimum atomic E-state index is -0.0915. The number of fused-ring (bicyclic) bond motifs is 1. The second-order valence-electron chi connectivity index (χ2n) is 5.54. The van der Waals surface area contributed by atoms with Gasteiger partial charge in [0.25, 0.3) is 5.56 Å². The van der Waals surface area contributed by atoms with E-state index in [1.807, 2.05) is 12.3 Å². The third kappa shape index (κ3) is 3.20. The first-order valence-electron chi connectivity index (χ1n) is 7.49. The van der Waals surface area contributed by atoms with Gasteiger partial charge in [-0.15, -0.1) is 11.3 Å². The summed E-state index contributed by atoms with van der Waals surface area (Å²) < 4.78 is 7.05. The molecular weight excluding hydrogens is 302 g/mol. The average molecular weight is 321 g/mol. The Hall–Kier alpha value is -1.73. The predicted molar refractivity (Wildman–Crippen MR) is 85.1 cm³/mol. The molecule has 1 aliphatic heterocycles. The summed E-state index contributed by atoms with van der Waals surface area (Å²) in [5.74, 6) is -0.0692. The molecule has 0 unspecified atom stereocenters. The molecule has 0 bridgehead atoms. The molecule has 1 N–H and O–H groups in total. The van der Waals surface area contributed by atoms with Crippen LogP contribution in [-0.4, -0.2) is 34.2 Å². The normalized spacial score (nSPS) is 19.4. The van der Waals surface area contributed by atoms with E-state index in [1.54, 1.807) is 6.07 Å². The quantitative estimate of drug-likeness (QED) is 0.906. The second kappa shape index (κ2) is 6.58. The zero-order valence-electron chi connectivity index (χ0n) is 12.4. The van der Waals surface area contributed by atoms with Crippen molar-refractivity contribution in [2.45, 2.75) is 44.9 Å². The number of hydrogen-bond donors (Lipinski definition) is 1. The van der Waals surface area contributed by atoms with Gasteiger partial charge in [0.15, 0.2) is 0 Å². The van der Waals surface area contributed by atoms with Crippen molar-refractivity contribution >= 4 is 27.5 Å². The average Bonchev–Trinajstić information content (AvgIpc) is 3.18. The minimum absolute atomic E-state index is 0.00389. The lowest BCUT2D eigenvalue weighted by molar-refractivity contribution is -0.122. The standard InChI is InChI=1S/C15H19N3O3S/c1-10(12-3-2-7-21-12)17-13(19)4-6-18-9-16-14-11(15(18)20)5-8-22-14/h5,8-10,12H,2-4,6-7H2,1H3,(H,17,19)/t10-,12-/m1/s1. The number of ether oxygens (including phenoxy) is 1. The van der Waals surface area contributed by atoms with Crippen LogP contribution in [0.5, 0.6) is 0 Å². The van der Waals surface area contributed by atoms with Gasteiger partial charge < -0.3 is 10.1 Å². The molecular formula is C15H19N3O3S. The molecule has 0 radical (unpaired) electrons. The molecule has 1 amide bonds. The van der Waals surface area contributed by atoms with Crippen LogP contribution < -0.4 is 10.9 Å². The van der Waals surface area contributed by atoms with Crippen LogP contribution >= 0.6 is 11.3 Å². The van der Waals surface area contributed by atoms with Crippen molar-refractivity contribution in [3.8, 4) is 0 Å². The van der Waals surface area contributed by atoms with Crippen LogP contribution in [0.4, 0.5) is 0 Å². The zero-order chi connectivity index (χ0) is 15.5. The summed E-state index contributed by atoms with van der Waals surface area (Å²) in [7, 11) is 0. The molecule has 1 fully saturated rings. The number of nitrogens with one attached hydrogen (secondary N) is 1. The van der Waals surface area contributed by atoms with E-state index in [4.69, 9.17) is 4.74 Å². The topological polar surface area (TPSA) is 73.2 Å². The van der Waals surface area contributed by atoms with Crippen LogP contribution in [0.3, 0.4) is 0 Å². The molecule has 7 heteroatoms. The summed E-state index contributed by atoms with van der Waals surface area (Å²) in [5.41, 5.74) is -0.0915. The van der Waals surface area contributed by atoms with Crippen molar-refractivity contribution in [2.24, 2.45) is 0 Å². The van der Waals surface area contributed by atoms with E-state index in [9.17, 15) is 9.59 Å². The molecule has 0 aliphatic carbocycles. The van der Waals surface area contributed by atoms with Gasteiger partial charge in [-0.05, 0) is 31.2 Å². The second-order valence-corrected chi connectivity index (χ2v) is 6.43. The molecule has 118 valence electrons. The van der Waals surface area contributed by atoms with Crippen molar-refractivity contribution in [3.05, 3.63) is 28.1 Å². The van der Waals surface area contributed by atoms with Crippen LogP contribution in [-0.2, 0) is 16.1 Å². The van der Waals surface area contributed by atoms with E-state index >= 15 is 0 Å². The van der Waals surface area contributed by atoms with Crippen molar-refractivity contribution in [2.75, 3.05) is 6.61 Å². The largest absolute Gasteiger partial charge is 0.376 e. The van der Waals surface area contributed by atoms with Gasteiger partial charge in [-0.1, -0.05) is 0 Å². The molecule has 1 saturated heterocycles. The van der Waals surface area contributed by atoms with Crippen molar-refractivity contribution in [1.29, 1.82) is 0 Å². The molecule has 6 nitrogen and oxygen atoms in total. The maximum Gasteiger partial charge on any atom is 0.262 e. The molecule has 2 aromatic heterocycles. The number of thiophene rings is 1. The number of amides is 1. The molecule has 3 heterocycles. The van der Waals surface area contributed by atoms with Crippen molar-refractivity contribution in [3.63, 3.8) is 0 Å². The first-order valence-corrected chi connectivity index (χ1v) is 8.37. The Morgan fingerprint density at radius 1 is 1.64 bits per heavy atom. The summed E-state index contributed by atoms with van der Waals surface area (Å²) in [6, 6.07) is 1.77. The summed E-state index contributed by atoms with van der Waals surface area (Å²) in [5, 5.41) is 5.40. The van der Waals surface area contributed by atoms with Crippen LogP contribution in [0, 0.1) is 0 Å². The number of aryl methyl sites for hydroxylation is 1. The van der Waals surface area contributed by atoms with Gasteiger partial charge in [0.2, 0.25) is 5.91 Å². The van der Waals surface area contributed by atoms with Gasteiger partial charge in [-0.3, -0.25) is 14.2 Å². The van der Waals surface area contributed by atoms with Gasteiger partial charge in [0, 0.05) is 19.6 Å². The molecule has 1 aliphatic rings. The van der Waals surface area contributed by atoms with Crippen LogP contribution in [0.2, 0.25) is 0 Å². The highest BCUT2D eigenvalue weighted by atomic mass is 32.1. The lowest BCUT2D eigenvalue weighted by atomic mass is 10.1. The number of hydrogen-bond acceptors (Lipinski definition) is 5. The van der Waals surface area contributed by atoms with Gasteiger partial charge in [-0.25, -0.2) is 4.98 Å². The van der Waals surface area contributed by atoms with E-state index < -0.39 is 0 Å². The van der Waals surface area contributed by atoms with E-state index in [2.05, 4.69) is 10.3 Å². The Kier molecular flexibility index (Phi) is 4.54. The van der Waals surface area contributed by atoms with E-state index in [-0.39, 0.29) is 30.0 Å². The lowest BCUT2D eigenvalue weighted by Crippen LogP contribution is -2.41. The molecule has 2 atom stereocenters. The van der Waals surface area contributed by atoms with Crippen molar-refractivity contribution < 1.29 is 9.53 Å². The molecule has 22 heavy (non-hydrogen) atoms. The highest BCUT2D eigenvalue weighted by molar-refractivity contribution is 7.16. The predicted octanol–water partition coefficient (Wildman–Crippen LogP) is 1.53. The monoisotopic (exact) mass is 321 g/mol. The Morgan fingerprint density at radius 2 is 2.50 bits per heavy atom. The van der Waals surface area contributed by atoms with Gasteiger partial charge in [0.05, 0.1) is 23.9 Å². The van der Waals surface area contributed by atoms with Crippen molar-refractivity contribution in [1.82, 2.24) is 14.9 Å². The van der Waals surface area contributed by atoms with Gasteiger partial charge in [0.1, 0.15) is 4.83 Å². The minimum Gasteiger partial charge on any atom is -0.376 e. The first kappa shape index (κ1) is 15.2. The smallest absolute Gasteiger partial charge is 0.262 e. The fourth-order valence-corrected chi connectivity index (χ4v) is 3.41. The summed E-state index contributed by atoms with van der Waals surface area (Å²) in [6.45, 7) is 3.06. The van der Waals surface area contributed by atoms with Gasteiger partial charge >= 0.3 is 0 Å². The van der Waals surface area contributed by atoms with Crippen LogP contribution in [0.25, 0.3) is 10.2 Å². The number of rotatable bonds is 5. The summed E-state index contributed by atoms with van der Waals surface area (Å²) in [4.78, 5) is 29.2. The van der Waals surface area contributed by atoms with Crippen LogP contribution in [0.15, 0.2) is 22.6 Å². The Morgan fingerprint density at radius 3 is 3.27 bits per heavy atom. The van der Waals surface area contributed by atoms with E-state index in [1.165, 1.54) is 22.2 Å². The zero-order valence-corrected chi connectivity index (χ0v) is 13.3. The Labute approximate surface area is 132 Å². The number of aromatic nitrogens is 2. The highest BCUT2D eigenvalue weighted by Crippen LogP contribution is 2.15. The third-order valence-electron chi connectivity index (χ3n) is 3.94. The molecule has 0 saturated carbocycles. The lowest BCUT2D eigenvalue weighted by Gasteiger charge is -2.20. The molecule has 2 aromatic rings. The highest BCUT2D eigenvalue weighted by Gasteiger charge is 2.23. The third-order valence-corrected chi connectivity index (χ3v) is 4.76. The fourth-order valence-electron chi connectivity index (χ4n) is 2.69. The summed E-state index contributed by atoms with van der Waals surface area (Å²) in [6.07, 6.45) is 3.91. The van der Waals surface area contributed by atoms with Gasteiger partial charge in [-0.2, -0.15) is 0 Å². The maximum absolute atomic E-state index is 12.2. The maximum atomic E-state index is 12.2. The number of carbonyl (C=O) groups is 1. The number of carbonyl (C=O) groups excluding carboxylic acids is 1. The first-order chi connectivity index (χ1) is 10.6. The molecule has 3 rings (SSSR count). The Balaban J connectivity index is 1.57.